The van der Waals surface area contributed by atoms with Crippen molar-refractivity contribution in [3.05, 3.63) is 35.8 Å². The molecule has 0 saturated heterocycles. The number of aromatic nitrogens is 3. The zero-order chi connectivity index (χ0) is 20.9. The first-order chi connectivity index (χ1) is 14.4. The van der Waals surface area contributed by atoms with E-state index >= 15 is 0 Å². The minimum atomic E-state index is -2.40. The van der Waals surface area contributed by atoms with Gasteiger partial charge in [0.25, 0.3) is 0 Å². The van der Waals surface area contributed by atoms with Crippen molar-refractivity contribution in [3.63, 3.8) is 0 Å². The molecule has 0 spiro atoms. The number of nitrogens with one attached hydrogen (secondary N) is 2. The van der Waals surface area contributed by atoms with Gasteiger partial charge in [0.2, 0.25) is 5.95 Å². The SMILES string of the molecule is CP(C)(=O)c1cccc2c(-c3nc(NC4CCC(N)CC4)nc4ccsc34)c[nH]c12. The number of para-hydroxylation sites is 1. The molecule has 1 fully saturated rings. The van der Waals surface area contributed by atoms with Gasteiger partial charge in [0.15, 0.2) is 0 Å². The van der Waals surface area contributed by atoms with Gasteiger partial charge in [-0.15, -0.1) is 11.3 Å². The third-order valence-electron chi connectivity index (χ3n) is 5.94. The summed E-state index contributed by atoms with van der Waals surface area (Å²) in [6.07, 6.45) is 6.13. The van der Waals surface area contributed by atoms with E-state index in [1.807, 2.05) is 37.7 Å². The maximum Gasteiger partial charge on any atom is 0.224 e. The van der Waals surface area contributed by atoms with Crippen molar-refractivity contribution in [2.24, 2.45) is 5.73 Å². The number of nitrogens with zero attached hydrogens (tertiary/aromatic N) is 2. The van der Waals surface area contributed by atoms with Gasteiger partial charge in [0.1, 0.15) is 7.14 Å². The minimum absolute atomic E-state index is 0.312. The first kappa shape index (κ1) is 19.7. The summed E-state index contributed by atoms with van der Waals surface area (Å²) >= 11 is 1.65. The fraction of sp³-hybridized carbons (Fsp3) is 0.364. The van der Waals surface area contributed by atoms with E-state index in [1.54, 1.807) is 11.3 Å². The highest BCUT2D eigenvalue weighted by molar-refractivity contribution is 7.70. The van der Waals surface area contributed by atoms with E-state index in [4.69, 9.17) is 15.7 Å². The van der Waals surface area contributed by atoms with Crippen LogP contribution in [0.3, 0.4) is 0 Å². The van der Waals surface area contributed by atoms with Gasteiger partial charge in [-0.25, -0.2) is 9.97 Å². The molecule has 0 aliphatic heterocycles. The van der Waals surface area contributed by atoms with Crippen molar-refractivity contribution >= 4 is 50.9 Å². The molecule has 30 heavy (non-hydrogen) atoms. The van der Waals surface area contributed by atoms with Crippen molar-refractivity contribution in [2.45, 2.75) is 37.8 Å². The lowest BCUT2D eigenvalue weighted by molar-refractivity contribution is 0.410. The predicted molar refractivity (Wildman–Crippen MR) is 128 cm³/mol. The largest absolute Gasteiger partial charge is 0.360 e. The zero-order valence-electron chi connectivity index (χ0n) is 17.2. The van der Waals surface area contributed by atoms with Crippen LogP contribution in [0.2, 0.25) is 0 Å². The Bertz CT molecular complexity index is 1270. The van der Waals surface area contributed by atoms with Gasteiger partial charge in [-0.3, -0.25) is 0 Å². The lowest BCUT2D eigenvalue weighted by Crippen LogP contribution is -2.33. The van der Waals surface area contributed by atoms with Gasteiger partial charge in [-0.05, 0) is 56.5 Å². The molecule has 0 bridgehead atoms. The summed E-state index contributed by atoms with van der Waals surface area (Å²) < 4.78 is 13.8. The number of fused-ring (bicyclic) bond motifs is 2. The third kappa shape index (κ3) is 3.55. The summed E-state index contributed by atoms with van der Waals surface area (Å²) in [4.78, 5) is 13.1. The molecule has 4 aromatic rings. The summed E-state index contributed by atoms with van der Waals surface area (Å²) in [5, 5.41) is 7.51. The van der Waals surface area contributed by atoms with Crippen LogP contribution in [0, 0.1) is 0 Å². The van der Waals surface area contributed by atoms with Crippen LogP contribution in [0.25, 0.3) is 32.4 Å². The molecule has 4 N–H and O–H groups in total. The quantitative estimate of drug-likeness (QED) is 0.398. The first-order valence-electron chi connectivity index (χ1n) is 10.3. The van der Waals surface area contributed by atoms with E-state index in [0.29, 0.717) is 18.0 Å². The third-order valence-corrected chi connectivity index (χ3v) is 8.38. The molecule has 156 valence electrons. The van der Waals surface area contributed by atoms with E-state index in [9.17, 15) is 4.57 Å². The smallest absolute Gasteiger partial charge is 0.224 e. The molecule has 3 aromatic heterocycles. The van der Waals surface area contributed by atoms with E-state index in [0.717, 1.165) is 63.4 Å². The lowest BCUT2D eigenvalue weighted by atomic mass is 9.92. The second-order valence-corrected chi connectivity index (χ2v) is 12.6. The Morgan fingerprint density at radius 3 is 2.73 bits per heavy atom. The molecule has 3 heterocycles. The Labute approximate surface area is 179 Å². The molecular formula is C22H26N5OPS. The summed E-state index contributed by atoms with van der Waals surface area (Å²) in [6.45, 7) is 3.62. The molecule has 1 aliphatic rings. The number of anilines is 1. The van der Waals surface area contributed by atoms with Crippen LogP contribution in [-0.4, -0.2) is 40.4 Å². The van der Waals surface area contributed by atoms with Crippen LogP contribution in [0.4, 0.5) is 5.95 Å². The fourth-order valence-corrected chi connectivity index (χ4v) is 6.34. The van der Waals surface area contributed by atoms with Crippen molar-refractivity contribution in [1.29, 1.82) is 0 Å². The molecule has 8 heteroatoms. The van der Waals surface area contributed by atoms with E-state index in [2.05, 4.69) is 21.7 Å². The molecule has 0 unspecified atom stereocenters. The lowest BCUT2D eigenvalue weighted by Gasteiger charge is -2.26. The Hall–Kier alpha value is -2.21. The standard InChI is InChI=1S/C22H26N5OPS/c1-29(2,28)18-5-3-4-15-16(12-24-19(15)18)20-21-17(10-11-30-21)26-22(27-20)25-14-8-6-13(23)7-9-14/h3-5,10-14,24H,6-9,23H2,1-2H3,(H,25,26,27). The zero-order valence-corrected chi connectivity index (χ0v) is 18.9. The van der Waals surface area contributed by atoms with Gasteiger partial charge in [-0.2, -0.15) is 0 Å². The number of thiophene rings is 1. The van der Waals surface area contributed by atoms with Gasteiger partial charge >= 0.3 is 0 Å². The van der Waals surface area contributed by atoms with Crippen LogP contribution >= 0.6 is 18.5 Å². The normalized spacial score (nSPS) is 20.1. The van der Waals surface area contributed by atoms with Crippen LogP contribution in [-0.2, 0) is 4.57 Å². The molecule has 5 rings (SSSR count). The number of benzene rings is 1. The number of H-pyrrole nitrogens is 1. The van der Waals surface area contributed by atoms with Gasteiger partial charge in [0.05, 0.1) is 21.4 Å². The summed E-state index contributed by atoms with van der Waals surface area (Å²) in [6, 6.07) is 8.70. The van der Waals surface area contributed by atoms with Gasteiger partial charge in [-0.1, -0.05) is 12.1 Å². The average molecular weight is 440 g/mol. The maximum absolute atomic E-state index is 12.8. The number of aromatic amines is 1. The average Bonchev–Trinajstić information content (AvgIpc) is 3.35. The van der Waals surface area contributed by atoms with Crippen LogP contribution in [0.15, 0.2) is 35.8 Å². The van der Waals surface area contributed by atoms with Crippen molar-refractivity contribution in [3.8, 4) is 11.3 Å². The van der Waals surface area contributed by atoms with Crippen LogP contribution in [0.5, 0.6) is 0 Å². The molecule has 6 nitrogen and oxygen atoms in total. The molecule has 0 amide bonds. The summed E-state index contributed by atoms with van der Waals surface area (Å²) in [5.74, 6) is 0.665. The molecule has 1 saturated carbocycles. The minimum Gasteiger partial charge on any atom is -0.360 e. The van der Waals surface area contributed by atoms with Crippen LogP contribution in [0.1, 0.15) is 25.7 Å². The fourth-order valence-electron chi connectivity index (χ4n) is 4.34. The first-order valence-corrected chi connectivity index (χ1v) is 13.8. The summed E-state index contributed by atoms with van der Waals surface area (Å²) in [5.41, 5.74) is 9.86. The number of nitrogens with two attached hydrogens (primary N) is 1. The maximum atomic E-state index is 12.8. The Morgan fingerprint density at radius 1 is 1.17 bits per heavy atom. The van der Waals surface area contributed by atoms with Crippen molar-refractivity contribution in [1.82, 2.24) is 15.0 Å². The van der Waals surface area contributed by atoms with Gasteiger partial charge < -0.3 is 20.6 Å². The molecule has 0 atom stereocenters. The molecular weight excluding hydrogens is 413 g/mol. The molecule has 1 aliphatic carbocycles. The van der Waals surface area contributed by atoms with Gasteiger partial charge in [0, 0.05) is 34.5 Å². The molecule has 1 aromatic carbocycles. The highest BCUT2D eigenvalue weighted by Gasteiger charge is 2.22. The monoisotopic (exact) mass is 439 g/mol. The number of hydrogen-bond donors (Lipinski definition) is 3. The van der Waals surface area contributed by atoms with Crippen LogP contribution < -0.4 is 16.4 Å². The topological polar surface area (TPSA) is 96.7 Å². The van der Waals surface area contributed by atoms with Crippen molar-refractivity contribution in [2.75, 3.05) is 18.6 Å². The summed E-state index contributed by atoms with van der Waals surface area (Å²) in [7, 11) is -2.40. The van der Waals surface area contributed by atoms with E-state index in [-0.39, 0.29) is 0 Å². The van der Waals surface area contributed by atoms with Crippen molar-refractivity contribution < 1.29 is 4.57 Å². The number of rotatable bonds is 4. The Morgan fingerprint density at radius 2 is 1.97 bits per heavy atom. The predicted octanol–water partition coefficient (Wildman–Crippen LogP) is 4.77. The van der Waals surface area contributed by atoms with E-state index < -0.39 is 7.14 Å². The second-order valence-electron chi connectivity index (χ2n) is 8.54. The molecule has 0 radical (unpaired) electrons. The van der Waals surface area contributed by atoms with E-state index in [1.165, 1.54) is 0 Å². The highest BCUT2D eigenvalue weighted by Crippen LogP contribution is 2.40. The Kier molecular flexibility index (Phi) is 4.92. The second kappa shape index (κ2) is 7.49. The highest BCUT2D eigenvalue weighted by atomic mass is 32.1. The number of hydrogen-bond acceptors (Lipinski definition) is 6. The Balaban J connectivity index is 1.61.